The molecule has 0 aliphatic heterocycles. The average molecular weight is 151 g/mol. The van der Waals surface area contributed by atoms with Crippen molar-refractivity contribution < 1.29 is 0 Å². The van der Waals surface area contributed by atoms with Gasteiger partial charge in [-0.2, -0.15) is 0 Å². The van der Waals surface area contributed by atoms with Gasteiger partial charge in [0.25, 0.3) is 0 Å². The van der Waals surface area contributed by atoms with Gasteiger partial charge in [-0.05, 0) is 20.8 Å². The molecule has 0 saturated carbocycles. The van der Waals surface area contributed by atoms with Gasteiger partial charge in [0.1, 0.15) is 5.82 Å². The van der Waals surface area contributed by atoms with Crippen LogP contribution in [0.4, 0.5) is 5.69 Å². The fraction of sp³-hybridized carbons (Fsp3) is 0.500. The summed E-state index contributed by atoms with van der Waals surface area (Å²) < 4.78 is 0. The number of nitrogens with zero attached hydrogens (tertiary/aromatic N) is 2. The molecule has 0 radical (unpaired) electrons. The number of hydrogen-bond donors (Lipinski definition) is 1. The summed E-state index contributed by atoms with van der Waals surface area (Å²) >= 11 is 0. The van der Waals surface area contributed by atoms with Gasteiger partial charge in [0.2, 0.25) is 0 Å². The molecule has 1 heterocycles. The average Bonchev–Trinajstić information content (AvgIpc) is 1.93. The zero-order valence-electron chi connectivity index (χ0n) is 7.13. The number of hydrogen-bond acceptors (Lipinski definition) is 3. The molecule has 0 saturated heterocycles. The fourth-order valence-electron chi connectivity index (χ4n) is 0.800. The number of nitrogens with one attached hydrogen (secondary N) is 1. The van der Waals surface area contributed by atoms with E-state index in [9.17, 15) is 0 Å². The third kappa shape index (κ3) is 2.53. The van der Waals surface area contributed by atoms with Crippen LogP contribution in [0.15, 0.2) is 12.4 Å². The van der Waals surface area contributed by atoms with E-state index in [1.165, 1.54) is 0 Å². The number of anilines is 1. The van der Waals surface area contributed by atoms with Crippen LogP contribution in [-0.4, -0.2) is 16.0 Å². The van der Waals surface area contributed by atoms with E-state index >= 15 is 0 Å². The van der Waals surface area contributed by atoms with Gasteiger partial charge in [0.15, 0.2) is 0 Å². The molecule has 0 atom stereocenters. The normalized spacial score (nSPS) is 10.2. The molecule has 3 nitrogen and oxygen atoms in total. The zero-order valence-corrected chi connectivity index (χ0v) is 7.13. The van der Waals surface area contributed by atoms with Gasteiger partial charge in [0, 0.05) is 6.04 Å². The second kappa shape index (κ2) is 3.32. The van der Waals surface area contributed by atoms with Crippen LogP contribution in [0.25, 0.3) is 0 Å². The molecule has 0 aliphatic rings. The van der Waals surface area contributed by atoms with Gasteiger partial charge < -0.3 is 5.32 Å². The monoisotopic (exact) mass is 151 g/mol. The van der Waals surface area contributed by atoms with Crippen LogP contribution >= 0.6 is 0 Å². The van der Waals surface area contributed by atoms with Crippen molar-refractivity contribution in [2.45, 2.75) is 26.8 Å². The highest BCUT2D eigenvalue weighted by Crippen LogP contribution is 2.03. The maximum atomic E-state index is 4.06. The number of aryl methyl sites for hydroxylation is 1. The van der Waals surface area contributed by atoms with E-state index < -0.39 is 0 Å². The van der Waals surface area contributed by atoms with Gasteiger partial charge in [-0.3, -0.25) is 0 Å². The highest BCUT2D eigenvalue weighted by Gasteiger charge is 1.94. The lowest BCUT2D eigenvalue weighted by molar-refractivity contribution is 0.891. The minimum Gasteiger partial charge on any atom is -0.380 e. The van der Waals surface area contributed by atoms with Crippen LogP contribution in [0, 0.1) is 6.92 Å². The van der Waals surface area contributed by atoms with Crippen LogP contribution in [0.2, 0.25) is 0 Å². The highest BCUT2D eigenvalue weighted by molar-refractivity contribution is 5.38. The molecular formula is C8H13N3. The van der Waals surface area contributed by atoms with Gasteiger partial charge in [-0.25, -0.2) is 9.97 Å². The first-order valence-electron chi connectivity index (χ1n) is 3.73. The Hall–Kier alpha value is -1.12. The summed E-state index contributed by atoms with van der Waals surface area (Å²) in [6.45, 7) is 6.04. The Morgan fingerprint density at radius 1 is 1.27 bits per heavy atom. The van der Waals surface area contributed by atoms with Crippen LogP contribution in [0.1, 0.15) is 19.7 Å². The lowest BCUT2D eigenvalue weighted by Crippen LogP contribution is -2.10. The van der Waals surface area contributed by atoms with Crippen molar-refractivity contribution in [2.75, 3.05) is 5.32 Å². The standard InChI is InChI=1S/C8H13N3/c1-6(2)11-8-4-9-7(3)10-5-8/h4-6,11H,1-3H3. The van der Waals surface area contributed by atoms with Crippen LogP contribution in [0.3, 0.4) is 0 Å². The first kappa shape index (κ1) is 7.98. The third-order valence-electron chi connectivity index (χ3n) is 1.24. The topological polar surface area (TPSA) is 37.8 Å². The molecule has 0 spiro atoms. The molecule has 3 heteroatoms. The molecule has 1 N–H and O–H groups in total. The second-order valence-corrected chi connectivity index (χ2v) is 2.82. The maximum absolute atomic E-state index is 4.06. The van der Waals surface area contributed by atoms with Crippen molar-refractivity contribution in [1.82, 2.24) is 9.97 Å². The summed E-state index contributed by atoms with van der Waals surface area (Å²) in [6.07, 6.45) is 3.59. The maximum Gasteiger partial charge on any atom is 0.125 e. The van der Waals surface area contributed by atoms with E-state index in [0.29, 0.717) is 6.04 Å². The first-order chi connectivity index (χ1) is 5.18. The van der Waals surface area contributed by atoms with Crippen molar-refractivity contribution in [3.8, 4) is 0 Å². The predicted octanol–water partition coefficient (Wildman–Crippen LogP) is 1.61. The minimum absolute atomic E-state index is 0.432. The predicted molar refractivity (Wildman–Crippen MR) is 45.5 cm³/mol. The van der Waals surface area contributed by atoms with E-state index in [1.807, 2.05) is 6.92 Å². The fourth-order valence-corrected chi connectivity index (χ4v) is 0.800. The summed E-state index contributed by atoms with van der Waals surface area (Å²) in [5.74, 6) is 0.805. The molecule has 0 unspecified atom stereocenters. The van der Waals surface area contributed by atoms with Crippen LogP contribution in [0.5, 0.6) is 0 Å². The largest absolute Gasteiger partial charge is 0.380 e. The molecule has 11 heavy (non-hydrogen) atoms. The van der Waals surface area contributed by atoms with Crippen LogP contribution < -0.4 is 5.32 Å². The summed E-state index contributed by atoms with van der Waals surface area (Å²) in [6, 6.07) is 0.432. The van der Waals surface area contributed by atoms with Gasteiger partial charge >= 0.3 is 0 Å². The Balaban J connectivity index is 2.66. The van der Waals surface area contributed by atoms with Gasteiger partial charge in [0.05, 0.1) is 18.1 Å². The minimum atomic E-state index is 0.432. The Morgan fingerprint density at radius 3 is 2.27 bits per heavy atom. The second-order valence-electron chi connectivity index (χ2n) is 2.82. The lowest BCUT2D eigenvalue weighted by Gasteiger charge is -2.07. The van der Waals surface area contributed by atoms with Crippen molar-refractivity contribution in [2.24, 2.45) is 0 Å². The molecule has 1 aromatic heterocycles. The Morgan fingerprint density at radius 2 is 1.82 bits per heavy atom. The summed E-state index contributed by atoms with van der Waals surface area (Å²) in [5, 5.41) is 3.21. The highest BCUT2D eigenvalue weighted by atomic mass is 15.0. The van der Waals surface area contributed by atoms with Crippen molar-refractivity contribution >= 4 is 5.69 Å². The Bertz CT molecular complexity index is 215. The van der Waals surface area contributed by atoms with E-state index in [-0.39, 0.29) is 0 Å². The number of rotatable bonds is 2. The molecule has 60 valence electrons. The van der Waals surface area contributed by atoms with Crippen molar-refractivity contribution in [3.05, 3.63) is 18.2 Å². The summed E-state index contributed by atoms with van der Waals surface area (Å²) in [5.41, 5.74) is 0.977. The van der Waals surface area contributed by atoms with E-state index in [1.54, 1.807) is 12.4 Å². The zero-order chi connectivity index (χ0) is 8.27. The molecule has 0 aliphatic carbocycles. The van der Waals surface area contributed by atoms with E-state index in [2.05, 4.69) is 29.1 Å². The quantitative estimate of drug-likeness (QED) is 0.697. The SMILES string of the molecule is Cc1ncc(NC(C)C)cn1. The summed E-state index contributed by atoms with van der Waals surface area (Å²) in [4.78, 5) is 8.12. The van der Waals surface area contributed by atoms with Crippen LogP contribution in [-0.2, 0) is 0 Å². The molecule has 0 aromatic carbocycles. The Kier molecular flexibility index (Phi) is 2.41. The number of aromatic nitrogens is 2. The van der Waals surface area contributed by atoms with E-state index in [4.69, 9.17) is 0 Å². The smallest absolute Gasteiger partial charge is 0.125 e. The third-order valence-corrected chi connectivity index (χ3v) is 1.24. The van der Waals surface area contributed by atoms with Gasteiger partial charge in [-0.1, -0.05) is 0 Å². The molecular weight excluding hydrogens is 138 g/mol. The van der Waals surface area contributed by atoms with Gasteiger partial charge in [-0.15, -0.1) is 0 Å². The molecule has 0 amide bonds. The van der Waals surface area contributed by atoms with Crippen molar-refractivity contribution in [3.63, 3.8) is 0 Å². The van der Waals surface area contributed by atoms with Crippen molar-refractivity contribution in [1.29, 1.82) is 0 Å². The Labute approximate surface area is 66.9 Å². The summed E-state index contributed by atoms with van der Waals surface area (Å²) in [7, 11) is 0. The first-order valence-corrected chi connectivity index (χ1v) is 3.73. The van der Waals surface area contributed by atoms with E-state index in [0.717, 1.165) is 11.5 Å². The molecule has 0 bridgehead atoms. The molecule has 1 rings (SSSR count). The molecule has 1 aromatic rings. The molecule has 0 fully saturated rings. The lowest BCUT2D eigenvalue weighted by atomic mass is 10.4.